The minimum absolute atomic E-state index is 0.000583. The van der Waals surface area contributed by atoms with Gasteiger partial charge in [-0.2, -0.15) is 0 Å². The van der Waals surface area contributed by atoms with Gasteiger partial charge in [-0.05, 0) is 43.6 Å². The molecule has 2 aromatic carbocycles. The van der Waals surface area contributed by atoms with E-state index in [1.807, 2.05) is 53.6 Å². The number of carbonyl (C=O) groups is 2. The molecule has 3 aromatic rings. The van der Waals surface area contributed by atoms with Crippen molar-refractivity contribution in [3.05, 3.63) is 71.4 Å². The van der Waals surface area contributed by atoms with Crippen LogP contribution in [0.2, 0.25) is 0 Å². The normalized spacial score (nSPS) is 18.6. The number of amides is 2. The van der Waals surface area contributed by atoms with E-state index in [0.717, 1.165) is 47.2 Å². The van der Waals surface area contributed by atoms with Crippen molar-refractivity contribution in [2.45, 2.75) is 25.3 Å². The number of carbonyl (C=O) groups excluding carboxylic acids is 2. The maximum absolute atomic E-state index is 13.2. The Bertz CT molecular complexity index is 1100. The van der Waals surface area contributed by atoms with Gasteiger partial charge in [-0.1, -0.05) is 36.4 Å². The summed E-state index contributed by atoms with van der Waals surface area (Å²) < 4.78 is 0. The molecule has 2 aliphatic heterocycles. The van der Waals surface area contributed by atoms with Gasteiger partial charge in [-0.25, -0.2) is 0 Å². The number of aromatic nitrogens is 1. The lowest BCUT2D eigenvalue weighted by Gasteiger charge is -2.25. The number of nitrogens with zero attached hydrogens (tertiary/aromatic N) is 2. The number of para-hydroxylation sites is 1. The Labute approximate surface area is 182 Å². The molecule has 0 radical (unpaired) electrons. The first-order chi connectivity index (χ1) is 15.2. The first-order valence-electron chi connectivity index (χ1n) is 11.2. The van der Waals surface area contributed by atoms with Gasteiger partial charge in [-0.15, -0.1) is 0 Å². The Morgan fingerprint density at radius 2 is 1.77 bits per heavy atom. The first kappa shape index (κ1) is 19.8. The Morgan fingerprint density at radius 1 is 1.00 bits per heavy atom. The summed E-state index contributed by atoms with van der Waals surface area (Å²) in [4.78, 5) is 33.3. The molecule has 5 rings (SSSR count). The third kappa shape index (κ3) is 3.83. The predicted octanol–water partition coefficient (Wildman–Crippen LogP) is 3.32. The molecule has 160 valence electrons. The van der Waals surface area contributed by atoms with E-state index in [1.165, 1.54) is 12.8 Å². The fourth-order valence-electron chi connectivity index (χ4n) is 4.93. The Hall–Kier alpha value is -3.12. The molecule has 2 amide bonds. The van der Waals surface area contributed by atoms with Gasteiger partial charge < -0.3 is 20.1 Å². The van der Waals surface area contributed by atoms with Crippen molar-refractivity contribution in [2.24, 2.45) is 0 Å². The molecule has 3 heterocycles. The third-order valence-corrected chi connectivity index (χ3v) is 6.50. The molecule has 1 saturated heterocycles. The Kier molecular flexibility index (Phi) is 5.47. The molecule has 31 heavy (non-hydrogen) atoms. The monoisotopic (exact) mass is 416 g/mol. The lowest BCUT2D eigenvalue weighted by molar-refractivity contribution is -0.121. The van der Waals surface area contributed by atoms with E-state index >= 15 is 0 Å². The van der Waals surface area contributed by atoms with Crippen LogP contribution in [0.1, 0.15) is 46.8 Å². The standard InChI is InChI=1S/C25H28N4O2/c30-23(26-12-16-28-13-5-6-14-28)11-15-29-24(19-8-1-2-9-20(19)25(29)31)21-17-27-22-10-4-3-7-18(21)22/h1-4,7-10,17,24,27H,5-6,11-16H2,(H,26,30). The molecule has 6 nitrogen and oxygen atoms in total. The van der Waals surface area contributed by atoms with Crippen LogP contribution in [0.5, 0.6) is 0 Å². The molecule has 1 unspecified atom stereocenters. The van der Waals surface area contributed by atoms with Crippen molar-refractivity contribution in [3.8, 4) is 0 Å². The molecule has 1 atom stereocenters. The maximum atomic E-state index is 13.2. The minimum Gasteiger partial charge on any atom is -0.361 e. The van der Waals surface area contributed by atoms with E-state index in [9.17, 15) is 9.59 Å². The van der Waals surface area contributed by atoms with Crippen LogP contribution in [0.25, 0.3) is 10.9 Å². The van der Waals surface area contributed by atoms with Gasteiger partial charge in [-0.3, -0.25) is 9.59 Å². The van der Waals surface area contributed by atoms with Crippen LogP contribution < -0.4 is 5.32 Å². The Morgan fingerprint density at radius 3 is 2.65 bits per heavy atom. The number of nitrogens with one attached hydrogen (secondary N) is 2. The zero-order valence-electron chi connectivity index (χ0n) is 17.6. The average molecular weight is 417 g/mol. The molecule has 2 N–H and O–H groups in total. The third-order valence-electron chi connectivity index (χ3n) is 6.50. The highest BCUT2D eigenvalue weighted by atomic mass is 16.2. The largest absolute Gasteiger partial charge is 0.361 e. The molecule has 0 aliphatic carbocycles. The van der Waals surface area contributed by atoms with Crippen LogP contribution in [-0.2, 0) is 4.79 Å². The van der Waals surface area contributed by atoms with Gasteiger partial charge in [0.1, 0.15) is 0 Å². The van der Waals surface area contributed by atoms with Crippen molar-refractivity contribution >= 4 is 22.7 Å². The number of H-pyrrole nitrogens is 1. The first-order valence-corrected chi connectivity index (χ1v) is 11.2. The molecule has 0 bridgehead atoms. The van der Waals surface area contributed by atoms with Crippen LogP contribution >= 0.6 is 0 Å². The number of hydrogen-bond donors (Lipinski definition) is 2. The summed E-state index contributed by atoms with van der Waals surface area (Å²) in [6, 6.07) is 15.7. The molecular formula is C25H28N4O2. The summed E-state index contributed by atoms with van der Waals surface area (Å²) in [6.45, 7) is 4.22. The molecule has 2 aliphatic rings. The van der Waals surface area contributed by atoms with Gasteiger partial charge in [0.15, 0.2) is 0 Å². The van der Waals surface area contributed by atoms with E-state index in [1.54, 1.807) is 0 Å². The predicted molar refractivity (Wildman–Crippen MR) is 121 cm³/mol. The summed E-state index contributed by atoms with van der Waals surface area (Å²) >= 11 is 0. The fraction of sp³-hybridized carbons (Fsp3) is 0.360. The van der Waals surface area contributed by atoms with E-state index in [0.29, 0.717) is 19.5 Å². The average Bonchev–Trinajstić information content (AvgIpc) is 3.51. The van der Waals surface area contributed by atoms with Gasteiger partial charge in [0.05, 0.1) is 6.04 Å². The quantitative estimate of drug-likeness (QED) is 0.621. The number of benzene rings is 2. The zero-order valence-corrected chi connectivity index (χ0v) is 17.6. The van der Waals surface area contributed by atoms with Crippen LogP contribution in [0.3, 0.4) is 0 Å². The molecule has 1 fully saturated rings. The smallest absolute Gasteiger partial charge is 0.255 e. The summed E-state index contributed by atoms with van der Waals surface area (Å²) in [7, 11) is 0. The highest BCUT2D eigenvalue weighted by molar-refractivity contribution is 6.01. The molecule has 0 saturated carbocycles. The van der Waals surface area contributed by atoms with Crippen molar-refractivity contribution < 1.29 is 9.59 Å². The lowest BCUT2D eigenvalue weighted by Crippen LogP contribution is -2.36. The molecule has 6 heteroatoms. The summed E-state index contributed by atoms with van der Waals surface area (Å²) in [5.41, 5.74) is 3.86. The number of likely N-dealkylation sites (tertiary alicyclic amines) is 1. The number of rotatable bonds is 7. The highest BCUT2D eigenvalue weighted by Crippen LogP contribution is 2.41. The number of aromatic amines is 1. The SMILES string of the molecule is O=C(CCN1C(=O)c2ccccc2C1c1c[nH]c2ccccc12)NCCN1CCCC1. The van der Waals surface area contributed by atoms with Crippen molar-refractivity contribution in [1.29, 1.82) is 0 Å². The second-order valence-corrected chi connectivity index (χ2v) is 8.43. The topological polar surface area (TPSA) is 68.4 Å². The Balaban J connectivity index is 1.32. The second-order valence-electron chi connectivity index (χ2n) is 8.43. The lowest BCUT2D eigenvalue weighted by atomic mass is 9.97. The van der Waals surface area contributed by atoms with Crippen LogP contribution in [0.4, 0.5) is 0 Å². The van der Waals surface area contributed by atoms with Gasteiger partial charge in [0.25, 0.3) is 5.91 Å². The summed E-state index contributed by atoms with van der Waals surface area (Å²) in [6.07, 6.45) is 4.80. The van der Waals surface area contributed by atoms with E-state index in [-0.39, 0.29) is 17.9 Å². The van der Waals surface area contributed by atoms with Crippen LogP contribution in [-0.4, -0.2) is 59.3 Å². The number of hydrogen-bond acceptors (Lipinski definition) is 3. The van der Waals surface area contributed by atoms with Gasteiger partial charge in [0, 0.05) is 54.3 Å². The minimum atomic E-state index is -0.183. The van der Waals surface area contributed by atoms with Gasteiger partial charge in [0.2, 0.25) is 5.91 Å². The van der Waals surface area contributed by atoms with E-state index in [4.69, 9.17) is 0 Å². The zero-order chi connectivity index (χ0) is 21.2. The summed E-state index contributed by atoms with van der Waals surface area (Å²) in [5, 5.41) is 4.13. The van der Waals surface area contributed by atoms with Gasteiger partial charge >= 0.3 is 0 Å². The van der Waals surface area contributed by atoms with Crippen LogP contribution in [0.15, 0.2) is 54.7 Å². The number of fused-ring (bicyclic) bond motifs is 2. The molecule has 0 spiro atoms. The second kappa shape index (κ2) is 8.55. The van der Waals surface area contributed by atoms with Crippen LogP contribution in [0, 0.1) is 0 Å². The molecular weight excluding hydrogens is 388 g/mol. The fourth-order valence-corrected chi connectivity index (χ4v) is 4.93. The van der Waals surface area contributed by atoms with Crippen molar-refractivity contribution in [3.63, 3.8) is 0 Å². The summed E-state index contributed by atoms with van der Waals surface area (Å²) in [5.74, 6) is -0.00335. The maximum Gasteiger partial charge on any atom is 0.255 e. The molecule has 1 aromatic heterocycles. The highest BCUT2D eigenvalue weighted by Gasteiger charge is 2.38. The van der Waals surface area contributed by atoms with E-state index in [2.05, 4.69) is 21.3 Å². The van der Waals surface area contributed by atoms with Crippen molar-refractivity contribution in [1.82, 2.24) is 20.1 Å². The van der Waals surface area contributed by atoms with E-state index < -0.39 is 0 Å². The van der Waals surface area contributed by atoms with Crippen molar-refractivity contribution in [2.75, 3.05) is 32.7 Å².